The Morgan fingerprint density at radius 3 is 1.36 bits per heavy atom. The van der Waals surface area contributed by atoms with Gasteiger partial charge in [0, 0.05) is 34.4 Å². The highest BCUT2D eigenvalue weighted by Crippen LogP contribution is 2.26. The van der Waals surface area contributed by atoms with Crippen LogP contribution < -0.4 is 9.47 Å². The molecule has 2 heterocycles. The van der Waals surface area contributed by atoms with Gasteiger partial charge < -0.3 is 23.3 Å². The first kappa shape index (κ1) is 29.6. The lowest BCUT2D eigenvalue weighted by molar-refractivity contribution is 0.0727. The number of hydrogen-bond donors (Lipinski definition) is 0. The fourth-order valence-corrected chi connectivity index (χ4v) is 4.37. The molecule has 0 atom stereocenters. The van der Waals surface area contributed by atoms with Crippen LogP contribution in [0, 0.1) is 23.3 Å². The van der Waals surface area contributed by atoms with Crippen molar-refractivity contribution in [2.75, 3.05) is 0 Å². The molecule has 2 aromatic heterocycles. The summed E-state index contributed by atoms with van der Waals surface area (Å²) in [6.45, 7) is 0.0679. The molecule has 7 nitrogen and oxygen atoms in total. The monoisotopic (exact) mass is 616 g/mol. The number of aromatic nitrogens is 2. The third-order valence-corrected chi connectivity index (χ3v) is 6.76. The van der Waals surface area contributed by atoms with E-state index in [-0.39, 0.29) is 37.6 Å². The first-order chi connectivity index (χ1) is 21.9. The predicted molar refractivity (Wildman–Crippen MR) is 154 cm³/mol. The minimum atomic E-state index is -0.924. The zero-order valence-corrected chi connectivity index (χ0v) is 23.5. The smallest absolute Gasteiger partial charge is 0.165 e. The Labute approximate surface area is 254 Å². The average Bonchev–Trinajstić information content (AvgIpc) is 3.73. The molecule has 4 aromatic carbocycles. The maximum Gasteiger partial charge on any atom is 0.165 e. The van der Waals surface area contributed by atoms with Gasteiger partial charge in [-0.15, -0.1) is 0 Å². The summed E-state index contributed by atoms with van der Waals surface area (Å²) in [6.07, 6.45) is 0. The standard InChI is InChI=1S/C34H24F4N2O5/c35-29-5-1-3-23(33(29)37)17-42-25-11-7-21(8-12-25)31-15-27(44-39-31)19-41-20-28-16-32(40-45-28)22-9-13-26(14-10-22)43-18-24-4-2-6-30(36)34(24)38/h1-16H,17-20H2. The average molecular weight is 617 g/mol. The summed E-state index contributed by atoms with van der Waals surface area (Å²) in [5, 5.41) is 8.16. The summed E-state index contributed by atoms with van der Waals surface area (Å²) in [5.74, 6) is -1.71. The Hall–Kier alpha value is -5.42. The van der Waals surface area contributed by atoms with Crippen LogP contribution in [0.25, 0.3) is 22.5 Å². The van der Waals surface area contributed by atoms with Crippen LogP contribution in [0.15, 0.2) is 106 Å². The van der Waals surface area contributed by atoms with Crippen LogP contribution in [0.1, 0.15) is 22.6 Å². The largest absolute Gasteiger partial charge is 0.489 e. The maximum atomic E-state index is 13.8. The molecule has 0 unspecified atom stereocenters. The summed E-state index contributed by atoms with van der Waals surface area (Å²) >= 11 is 0. The van der Waals surface area contributed by atoms with E-state index in [1.807, 2.05) is 0 Å². The summed E-state index contributed by atoms with van der Waals surface area (Å²) in [6, 6.07) is 25.3. The van der Waals surface area contributed by atoms with Crippen molar-refractivity contribution in [2.45, 2.75) is 26.4 Å². The number of nitrogens with zero attached hydrogens (tertiary/aromatic N) is 2. The molecule has 0 aliphatic rings. The first-order valence-corrected chi connectivity index (χ1v) is 13.7. The van der Waals surface area contributed by atoms with Crippen molar-refractivity contribution in [1.82, 2.24) is 10.3 Å². The van der Waals surface area contributed by atoms with Gasteiger partial charge in [-0.2, -0.15) is 0 Å². The minimum Gasteiger partial charge on any atom is -0.489 e. The van der Waals surface area contributed by atoms with Gasteiger partial charge in [-0.3, -0.25) is 0 Å². The van der Waals surface area contributed by atoms with Gasteiger partial charge in [-0.05, 0) is 60.7 Å². The number of benzene rings is 4. The second-order valence-electron chi connectivity index (χ2n) is 9.90. The van der Waals surface area contributed by atoms with Crippen molar-refractivity contribution in [3.63, 3.8) is 0 Å². The lowest BCUT2D eigenvalue weighted by Crippen LogP contribution is -2.00. The molecular weight excluding hydrogens is 592 g/mol. The van der Waals surface area contributed by atoms with Gasteiger partial charge in [0.15, 0.2) is 34.8 Å². The Bertz CT molecular complexity index is 1750. The van der Waals surface area contributed by atoms with Crippen LogP contribution >= 0.6 is 0 Å². The topological polar surface area (TPSA) is 79.8 Å². The van der Waals surface area contributed by atoms with Crippen LogP contribution in [-0.4, -0.2) is 10.3 Å². The van der Waals surface area contributed by atoms with Gasteiger partial charge in [-0.1, -0.05) is 34.6 Å². The normalized spacial score (nSPS) is 11.1. The van der Waals surface area contributed by atoms with E-state index < -0.39 is 23.3 Å². The van der Waals surface area contributed by atoms with Crippen LogP contribution in [0.4, 0.5) is 17.6 Å². The van der Waals surface area contributed by atoms with Crippen molar-refractivity contribution in [3.05, 3.63) is 143 Å². The molecule has 0 N–H and O–H groups in total. The van der Waals surface area contributed by atoms with Crippen molar-refractivity contribution < 1.29 is 40.8 Å². The van der Waals surface area contributed by atoms with Crippen LogP contribution in [0.3, 0.4) is 0 Å². The molecule has 0 spiro atoms. The summed E-state index contributed by atoms with van der Waals surface area (Å²) in [7, 11) is 0. The fraction of sp³-hybridized carbons (Fsp3) is 0.118. The van der Waals surface area contributed by atoms with Crippen LogP contribution in [-0.2, 0) is 31.2 Å². The zero-order valence-electron chi connectivity index (χ0n) is 23.5. The Morgan fingerprint density at radius 1 is 0.511 bits per heavy atom. The van der Waals surface area contributed by atoms with Crippen molar-refractivity contribution in [2.24, 2.45) is 0 Å². The van der Waals surface area contributed by atoms with Gasteiger partial charge in [-0.25, -0.2) is 17.6 Å². The summed E-state index contributed by atoms with van der Waals surface area (Å²) < 4.78 is 82.0. The molecule has 6 rings (SSSR count). The van der Waals surface area contributed by atoms with E-state index in [1.165, 1.54) is 24.3 Å². The van der Waals surface area contributed by atoms with Crippen molar-refractivity contribution in [1.29, 1.82) is 0 Å². The Balaban J connectivity index is 0.969. The fourth-order valence-electron chi connectivity index (χ4n) is 4.37. The molecule has 45 heavy (non-hydrogen) atoms. The third-order valence-electron chi connectivity index (χ3n) is 6.76. The van der Waals surface area contributed by atoms with E-state index in [0.29, 0.717) is 34.4 Å². The molecule has 6 aromatic rings. The lowest BCUT2D eigenvalue weighted by Gasteiger charge is -2.08. The van der Waals surface area contributed by atoms with Crippen LogP contribution in [0.5, 0.6) is 11.5 Å². The van der Waals surface area contributed by atoms with Crippen molar-refractivity contribution in [3.8, 4) is 34.0 Å². The molecule has 0 amide bonds. The molecule has 0 bridgehead atoms. The van der Waals surface area contributed by atoms with Gasteiger partial charge in [0.25, 0.3) is 0 Å². The molecule has 0 aliphatic heterocycles. The van der Waals surface area contributed by atoms with E-state index in [9.17, 15) is 17.6 Å². The SMILES string of the molecule is Fc1cccc(COc2ccc(-c3cc(COCc4cc(-c5ccc(OCc6cccc(F)c6F)cc5)no4)on3)cc2)c1F. The third kappa shape index (κ3) is 7.22. The molecule has 0 aliphatic carbocycles. The van der Waals surface area contributed by atoms with Crippen molar-refractivity contribution >= 4 is 0 Å². The summed E-state index contributed by atoms with van der Waals surface area (Å²) in [4.78, 5) is 0. The van der Waals surface area contributed by atoms with Crippen LogP contribution in [0.2, 0.25) is 0 Å². The highest BCUT2D eigenvalue weighted by Gasteiger charge is 2.12. The predicted octanol–water partition coefficient (Wildman–Crippen LogP) is 8.43. The van der Waals surface area contributed by atoms with E-state index in [1.54, 1.807) is 60.7 Å². The van der Waals surface area contributed by atoms with E-state index in [2.05, 4.69) is 10.3 Å². The Morgan fingerprint density at radius 2 is 0.933 bits per heavy atom. The summed E-state index contributed by atoms with van der Waals surface area (Å²) in [5.41, 5.74) is 2.97. The second-order valence-corrected chi connectivity index (χ2v) is 9.90. The highest BCUT2D eigenvalue weighted by molar-refractivity contribution is 5.60. The molecule has 11 heteroatoms. The van der Waals surface area contributed by atoms with E-state index in [4.69, 9.17) is 23.3 Å². The second kappa shape index (κ2) is 13.5. The molecule has 228 valence electrons. The lowest BCUT2D eigenvalue weighted by atomic mass is 10.1. The highest BCUT2D eigenvalue weighted by atomic mass is 19.2. The number of hydrogen-bond acceptors (Lipinski definition) is 7. The maximum absolute atomic E-state index is 13.8. The zero-order chi connectivity index (χ0) is 31.2. The quantitative estimate of drug-likeness (QED) is 0.128. The van der Waals surface area contributed by atoms with Gasteiger partial charge in [0.1, 0.15) is 49.3 Å². The van der Waals surface area contributed by atoms with E-state index >= 15 is 0 Å². The molecule has 0 saturated carbocycles. The first-order valence-electron chi connectivity index (χ1n) is 13.7. The molecule has 0 saturated heterocycles. The van der Waals surface area contributed by atoms with Gasteiger partial charge in [0.2, 0.25) is 0 Å². The van der Waals surface area contributed by atoms with Gasteiger partial charge in [0.05, 0.1) is 0 Å². The molecular formula is C34H24F4N2O5. The molecule has 0 radical (unpaired) electrons. The molecule has 0 fully saturated rings. The van der Waals surface area contributed by atoms with E-state index in [0.717, 1.165) is 23.3 Å². The number of halogens is 4. The Kier molecular flexibility index (Phi) is 8.88. The number of rotatable bonds is 12. The minimum absolute atomic E-state index is 0.106. The number of ether oxygens (including phenoxy) is 3. The van der Waals surface area contributed by atoms with Gasteiger partial charge >= 0.3 is 0 Å².